The van der Waals surface area contributed by atoms with Crippen molar-refractivity contribution in [3.8, 4) is 11.5 Å². The third-order valence-corrected chi connectivity index (χ3v) is 2.46. The molecule has 7 nitrogen and oxygen atoms in total. The van der Waals surface area contributed by atoms with Gasteiger partial charge < -0.3 is 14.6 Å². The molecular formula is C12H15NO6. The average Bonchev–Trinajstić information content (AvgIpc) is 2.34. The lowest BCUT2D eigenvalue weighted by atomic mass is 10.1. The van der Waals surface area contributed by atoms with Crippen molar-refractivity contribution in [3.05, 3.63) is 28.3 Å². The number of ether oxygens (including phenoxy) is 2. The minimum absolute atomic E-state index is 0.0915. The molecular weight excluding hydrogens is 254 g/mol. The van der Waals surface area contributed by atoms with Crippen LogP contribution in [0.2, 0.25) is 0 Å². The highest BCUT2D eigenvalue weighted by Crippen LogP contribution is 2.31. The van der Waals surface area contributed by atoms with Gasteiger partial charge in [-0.1, -0.05) is 13.8 Å². The van der Waals surface area contributed by atoms with Gasteiger partial charge in [0.05, 0.1) is 18.1 Å². The summed E-state index contributed by atoms with van der Waals surface area (Å²) in [6.45, 7) is 3.38. The monoisotopic (exact) mass is 269 g/mol. The highest BCUT2D eigenvalue weighted by Gasteiger charge is 2.25. The first-order valence-electron chi connectivity index (χ1n) is 5.58. The zero-order chi connectivity index (χ0) is 14.6. The maximum atomic E-state index is 11.0. The van der Waals surface area contributed by atoms with E-state index in [1.807, 2.05) is 0 Å². The van der Waals surface area contributed by atoms with Crippen LogP contribution in [0.15, 0.2) is 18.2 Å². The van der Waals surface area contributed by atoms with Crippen LogP contribution in [0.1, 0.15) is 13.8 Å². The first kappa shape index (κ1) is 14.7. The third kappa shape index (κ3) is 3.57. The van der Waals surface area contributed by atoms with Crippen LogP contribution in [-0.4, -0.2) is 29.2 Å². The fourth-order valence-electron chi connectivity index (χ4n) is 1.50. The highest BCUT2D eigenvalue weighted by molar-refractivity contribution is 5.73. The standard InChI is InChI=1S/C12H15NO6/c1-7(2)11(12(14)15)19-8-4-5-10(18-3)9(6-8)13(16)17/h4-7,11H,1-3H3,(H,14,15). The molecule has 0 bridgehead atoms. The van der Waals surface area contributed by atoms with E-state index in [0.29, 0.717) is 0 Å². The zero-order valence-electron chi connectivity index (χ0n) is 10.8. The SMILES string of the molecule is COc1ccc(OC(C(=O)O)C(C)C)cc1[N+](=O)[O-]. The molecule has 1 rings (SSSR count). The molecule has 0 saturated carbocycles. The van der Waals surface area contributed by atoms with Crippen LogP contribution in [0.3, 0.4) is 0 Å². The van der Waals surface area contributed by atoms with Gasteiger partial charge in [-0.2, -0.15) is 0 Å². The van der Waals surface area contributed by atoms with Crippen LogP contribution < -0.4 is 9.47 Å². The maximum absolute atomic E-state index is 11.0. The molecule has 1 aromatic rings. The van der Waals surface area contributed by atoms with E-state index in [1.165, 1.54) is 19.2 Å². The van der Waals surface area contributed by atoms with Gasteiger partial charge in [0.2, 0.25) is 0 Å². The van der Waals surface area contributed by atoms with Gasteiger partial charge in [-0.05, 0) is 12.1 Å². The second kappa shape index (κ2) is 6.03. The Bertz CT molecular complexity index is 485. The number of carboxylic acid groups (broad SMARTS) is 1. The van der Waals surface area contributed by atoms with E-state index in [2.05, 4.69) is 0 Å². The number of nitrogens with zero attached hydrogens (tertiary/aromatic N) is 1. The summed E-state index contributed by atoms with van der Waals surface area (Å²) in [5.41, 5.74) is -0.270. The van der Waals surface area contributed by atoms with Gasteiger partial charge in [0.25, 0.3) is 0 Å². The first-order chi connectivity index (χ1) is 8.86. The zero-order valence-corrected chi connectivity index (χ0v) is 10.8. The summed E-state index contributed by atoms with van der Waals surface area (Å²) in [5, 5.41) is 19.8. The summed E-state index contributed by atoms with van der Waals surface area (Å²) in [4.78, 5) is 21.2. The Balaban J connectivity index is 3.05. The van der Waals surface area contributed by atoms with Crippen molar-refractivity contribution in [2.75, 3.05) is 7.11 Å². The average molecular weight is 269 g/mol. The molecule has 1 unspecified atom stereocenters. The Morgan fingerprint density at radius 1 is 1.42 bits per heavy atom. The van der Waals surface area contributed by atoms with E-state index in [0.717, 1.165) is 6.07 Å². The number of carboxylic acids is 1. The lowest BCUT2D eigenvalue weighted by Gasteiger charge is -2.18. The second-order valence-electron chi connectivity index (χ2n) is 4.21. The predicted octanol–water partition coefficient (Wildman–Crippen LogP) is 2.09. The fraction of sp³-hybridized carbons (Fsp3) is 0.417. The largest absolute Gasteiger partial charge is 0.490 e. The normalized spacial score (nSPS) is 12.0. The number of carbonyl (C=O) groups is 1. The van der Waals surface area contributed by atoms with E-state index < -0.39 is 17.0 Å². The van der Waals surface area contributed by atoms with Crippen LogP contribution in [-0.2, 0) is 4.79 Å². The van der Waals surface area contributed by atoms with E-state index >= 15 is 0 Å². The molecule has 0 spiro atoms. The number of rotatable bonds is 6. The van der Waals surface area contributed by atoms with E-state index in [9.17, 15) is 14.9 Å². The quantitative estimate of drug-likeness (QED) is 0.627. The first-order valence-corrected chi connectivity index (χ1v) is 5.58. The Kier molecular flexibility index (Phi) is 4.68. The molecule has 0 aliphatic rings. The summed E-state index contributed by atoms with van der Waals surface area (Å²) in [5.74, 6) is -1.17. The van der Waals surface area contributed by atoms with Crippen LogP contribution in [0.25, 0.3) is 0 Å². The third-order valence-electron chi connectivity index (χ3n) is 2.46. The minimum atomic E-state index is -1.12. The van der Waals surface area contributed by atoms with Crippen LogP contribution >= 0.6 is 0 Å². The topological polar surface area (TPSA) is 98.9 Å². The lowest BCUT2D eigenvalue weighted by molar-refractivity contribution is -0.385. The number of nitro groups is 1. The number of benzene rings is 1. The Labute approximate surface area is 109 Å². The molecule has 1 aromatic carbocycles. The Morgan fingerprint density at radius 3 is 2.47 bits per heavy atom. The minimum Gasteiger partial charge on any atom is -0.490 e. The second-order valence-corrected chi connectivity index (χ2v) is 4.21. The Morgan fingerprint density at radius 2 is 2.05 bits per heavy atom. The molecule has 1 atom stereocenters. The van der Waals surface area contributed by atoms with Crippen molar-refractivity contribution >= 4 is 11.7 Å². The number of nitro benzene ring substituents is 1. The molecule has 0 fully saturated rings. The molecule has 104 valence electrons. The van der Waals surface area contributed by atoms with Crippen molar-refractivity contribution in [2.45, 2.75) is 20.0 Å². The molecule has 0 heterocycles. The van der Waals surface area contributed by atoms with Crippen LogP contribution in [0.5, 0.6) is 11.5 Å². The van der Waals surface area contributed by atoms with Gasteiger partial charge in [-0.15, -0.1) is 0 Å². The van der Waals surface area contributed by atoms with Gasteiger partial charge in [0.15, 0.2) is 11.9 Å². The summed E-state index contributed by atoms with van der Waals surface area (Å²) >= 11 is 0. The molecule has 0 aliphatic carbocycles. The van der Waals surface area contributed by atoms with E-state index in [-0.39, 0.29) is 23.1 Å². The van der Waals surface area contributed by atoms with Crippen molar-refractivity contribution in [3.63, 3.8) is 0 Å². The van der Waals surface area contributed by atoms with Gasteiger partial charge in [-0.3, -0.25) is 10.1 Å². The molecule has 0 radical (unpaired) electrons. The number of methoxy groups -OCH3 is 1. The summed E-state index contributed by atoms with van der Waals surface area (Å²) in [6.07, 6.45) is -1.06. The molecule has 0 saturated heterocycles. The van der Waals surface area contributed by atoms with E-state index in [4.69, 9.17) is 14.6 Å². The van der Waals surface area contributed by atoms with Crippen LogP contribution in [0, 0.1) is 16.0 Å². The molecule has 0 aromatic heterocycles. The lowest BCUT2D eigenvalue weighted by Crippen LogP contribution is -2.32. The number of aliphatic carboxylic acids is 1. The van der Waals surface area contributed by atoms with Crippen molar-refractivity contribution in [1.29, 1.82) is 0 Å². The predicted molar refractivity (Wildman–Crippen MR) is 66.5 cm³/mol. The van der Waals surface area contributed by atoms with Gasteiger partial charge in [0, 0.05) is 5.92 Å². The smallest absolute Gasteiger partial charge is 0.345 e. The highest BCUT2D eigenvalue weighted by atomic mass is 16.6. The summed E-state index contributed by atoms with van der Waals surface area (Å²) < 4.78 is 10.1. The van der Waals surface area contributed by atoms with Crippen molar-refractivity contribution in [2.24, 2.45) is 5.92 Å². The fourth-order valence-corrected chi connectivity index (χ4v) is 1.50. The molecule has 7 heteroatoms. The molecule has 1 N–H and O–H groups in total. The van der Waals surface area contributed by atoms with Crippen molar-refractivity contribution < 1.29 is 24.3 Å². The molecule has 19 heavy (non-hydrogen) atoms. The van der Waals surface area contributed by atoms with Gasteiger partial charge in [-0.25, -0.2) is 4.79 Å². The summed E-state index contributed by atoms with van der Waals surface area (Å²) in [6, 6.07) is 3.95. The molecule has 0 amide bonds. The molecule has 0 aliphatic heterocycles. The van der Waals surface area contributed by atoms with Crippen LogP contribution in [0.4, 0.5) is 5.69 Å². The summed E-state index contributed by atoms with van der Waals surface area (Å²) in [7, 11) is 1.32. The van der Waals surface area contributed by atoms with E-state index in [1.54, 1.807) is 13.8 Å². The number of hydrogen-bond donors (Lipinski definition) is 1. The van der Waals surface area contributed by atoms with Crippen molar-refractivity contribution in [1.82, 2.24) is 0 Å². The maximum Gasteiger partial charge on any atom is 0.345 e. The number of hydrogen-bond acceptors (Lipinski definition) is 5. The Hall–Kier alpha value is -2.31. The van der Waals surface area contributed by atoms with Gasteiger partial charge in [0.1, 0.15) is 5.75 Å². The van der Waals surface area contributed by atoms with Gasteiger partial charge >= 0.3 is 11.7 Å².